The minimum atomic E-state index is -0.433. The summed E-state index contributed by atoms with van der Waals surface area (Å²) in [6, 6.07) is 24.2. The Balaban J connectivity index is 1.28. The van der Waals surface area contributed by atoms with Crippen LogP contribution in [-0.4, -0.2) is 16.7 Å². The van der Waals surface area contributed by atoms with Gasteiger partial charge in [-0.1, -0.05) is 31.9 Å². The molecule has 6 nitrogen and oxygen atoms in total. The Morgan fingerprint density at radius 3 is 2.49 bits per heavy atom. The molecule has 0 spiro atoms. The SMILES string of the molecule is O=C(Oc1ccc([C@H]2Oc3ccc(Br)cc3[C@H]3CC(c4ccco4)=NN32)cc1)c1ccc(Br)cc1. The Hall–Kier alpha value is -3.36. The first kappa shape index (κ1) is 22.1. The number of furan rings is 1. The molecule has 2 atom stereocenters. The minimum absolute atomic E-state index is 0.0104. The first-order chi connectivity index (χ1) is 17.0. The van der Waals surface area contributed by atoms with E-state index in [9.17, 15) is 4.79 Å². The number of hydrogen-bond acceptors (Lipinski definition) is 6. The van der Waals surface area contributed by atoms with Crippen molar-refractivity contribution < 1.29 is 18.7 Å². The van der Waals surface area contributed by atoms with Crippen LogP contribution >= 0.6 is 31.9 Å². The molecule has 4 aromatic rings. The van der Waals surface area contributed by atoms with Crippen LogP contribution in [0.2, 0.25) is 0 Å². The standard InChI is InChI=1S/C27H18Br2N2O4/c28-18-7-3-17(4-8-18)27(32)34-20-10-5-16(6-11-20)26-31-23(15-22(30-31)25-2-1-13-33-25)21-14-19(29)9-12-24(21)35-26/h1-14,23,26H,15H2/t23-,26-/m1/s1. The Morgan fingerprint density at radius 2 is 1.74 bits per heavy atom. The van der Waals surface area contributed by atoms with Gasteiger partial charge in [0.2, 0.25) is 6.23 Å². The predicted molar refractivity (Wildman–Crippen MR) is 137 cm³/mol. The van der Waals surface area contributed by atoms with Crippen molar-refractivity contribution in [3.63, 3.8) is 0 Å². The van der Waals surface area contributed by atoms with Crippen molar-refractivity contribution >= 4 is 43.5 Å². The van der Waals surface area contributed by atoms with Crippen molar-refractivity contribution in [2.75, 3.05) is 0 Å². The van der Waals surface area contributed by atoms with Crippen LogP contribution in [0.25, 0.3) is 0 Å². The van der Waals surface area contributed by atoms with E-state index in [0.717, 1.165) is 37.3 Å². The molecule has 0 amide bonds. The first-order valence-corrected chi connectivity index (χ1v) is 12.6. The van der Waals surface area contributed by atoms with E-state index in [0.29, 0.717) is 17.7 Å². The number of rotatable bonds is 4. The fraction of sp³-hybridized carbons (Fsp3) is 0.111. The number of nitrogens with zero attached hydrogens (tertiary/aromatic N) is 2. The molecule has 6 rings (SSSR count). The molecule has 3 heterocycles. The van der Waals surface area contributed by atoms with Crippen molar-refractivity contribution in [3.8, 4) is 11.5 Å². The van der Waals surface area contributed by atoms with Gasteiger partial charge in [0.1, 0.15) is 23.0 Å². The molecule has 8 heteroatoms. The van der Waals surface area contributed by atoms with Crippen LogP contribution in [-0.2, 0) is 0 Å². The van der Waals surface area contributed by atoms with Crippen molar-refractivity contribution in [1.29, 1.82) is 0 Å². The van der Waals surface area contributed by atoms with E-state index in [4.69, 9.17) is 19.0 Å². The summed E-state index contributed by atoms with van der Waals surface area (Å²) in [6.45, 7) is 0. The number of benzene rings is 3. The third-order valence-corrected chi connectivity index (χ3v) is 7.04. The normalized spacial score (nSPS) is 18.3. The van der Waals surface area contributed by atoms with Crippen LogP contribution < -0.4 is 9.47 Å². The van der Waals surface area contributed by atoms with Crippen molar-refractivity contribution in [3.05, 3.63) is 117 Å². The third kappa shape index (κ3) is 4.28. The summed E-state index contributed by atoms with van der Waals surface area (Å²) in [6.07, 6.45) is 1.93. The molecule has 2 aliphatic heterocycles. The average molecular weight is 594 g/mol. The minimum Gasteiger partial charge on any atom is -0.464 e. The van der Waals surface area contributed by atoms with Gasteiger partial charge in [0, 0.05) is 26.5 Å². The molecule has 0 radical (unpaired) electrons. The van der Waals surface area contributed by atoms with Gasteiger partial charge >= 0.3 is 5.97 Å². The lowest BCUT2D eigenvalue weighted by atomic mass is 9.97. The summed E-state index contributed by atoms with van der Waals surface area (Å²) in [5.74, 6) is 1.62. The molecule has 0 N–H and O–H groups in total. The van der Waals surface area contributed by atoms with Gasteiger partial charge in [-0.05, 0) is 78.9 Å². The fourth-order valence-corrected chi connectivity index (χ4v) is 4.97. The maximum absolute atomic E-state index is 12.5. The first-order valence-electron chi connectivity index (χ1n) is 11.0. The van der Waals surface area contributed by atoms with Crippen LogP contribution in [0.5, 0.6) is 11.5 Å². The zero-order chi connectivity index (χ0) is 23.9. The van der Waals surface area contributed by atoms with Crippen molar-refractivity contribution in [1.82, 2.24) is 5.01 Å². The molecular weight excluding hydrogens is 576 g/mol. The summed E-state index contributed by atoms with van der Waals surface area (Å²) in [4.78, 5) is 12.5. The lowest BCUT2D eigenvalue weighted by Crippen LogP contribution is -2.33. The summed E-state index contributed by atoms with van der Waals surface area (Å²) < 4.78 is 19.5. The van der Waals surface area contributed by atoms with Gasteiger partial charge in [-0.25, -0.2) is 9.80 Å². The maximum Gasteiger partial charge on any atom is 0.343 e. The maximum atomic E-state index is 12.5. The zero-order valence-electron chi connectivity index (χ0n) is 18.2. The lowest BCUT2D eigenvalue weighted by molar-refractivity contribution is -0.0191. The Bertz CT molecular complexity index is 1420. The highest BCUT2D eigenvalue weighted by Crippen LogP contribution is 2.48. The van der Waals surface area contributed by atoms with Crippen LogP contribution in [0.15, 0.2) is 104 Å². The summed E-state index contributed by atoms with van der Waals surface area (Å²) >= 11 is 6.95. The summed E-state index contributed by atoms with van der Waals surface area (Å²) in [5.41, 5.74) is 3.33. The molecule has 0 saturated carbocycles. The number of halogens is 2. The number of ether oxygens (including phenoxy) is 2. The van der Waals surface area contributed by atoms with Gasteiger partial charge in [0.25, 0.3) is 0 Å². The quantitative estimate of drug-likeness (QED) is 0.184. The number of carbonyl (C=O) groups excluding carboxylic acids is 1. The second-order valence-electron chi connectivity index (χ2n) is 8.24. The molecule has 35 heavy (non-hydrogen) atoms. The van der Waals surface area contributed by atoms with E-state index in [-0.39, 0.29) is 6.04 Å². The second-order valence-corrected chi connectivity index (χ2v) is 10.1. The van der Waals surface area contributed by atoms with Crippen LogP contribution in [0.3, 0.4) is 0 Å². The van der Waals surface area contributed by atoms with Crippen molar-refractivity contribution in [2.45, 2.75) is 18.7 Å². The molecule has 0 bridgehead atoms. The molecule has 174 valence electrons. The van der Waals surface area contributed by atoms with Gasteiger partial charge in [0.05, 0.1) is 17.9 Å². The van der Waals surface area contributed by atoms with E-state index >= 15 is 0 Å². The number of hydrazone groups is 1. The van der Waals surface area contributed by atoms with Gasteiger partial charge in [-0.15, -0.1) is 0 Å². The summed E-state index contributed by atoms with van der Waals surface area (Å²) in [7, 11) is 0. The largest absolute Gasteiger partial charge is 0.464 e. The Morgan fingerprint density at radius 1 is 0.971 bits per heavy atom. The van der Waals surface area contributed by atoms with E-state index in [2.05, 4.69) is 37.9 Å². The number of hydrogen-bond donors (Lipinski definition) is 0. The van der Waals surface area contributed by atoms with Gasteiger partial charge in [-0.2, -0.15) is 5.10 Å². The van der Waals surface area contributed by atoms with Crippen LogP contribution in [0, 0.1) is 0 Å². The van der Waals surface area contributed by atoms with Crippen molar-refractivity contribution in [2.24, 2.45) is 5.10 Å². The Kier molecular flexibility index (Phi) is 5.70. The Labute approximate surface area is 218 Å². The molecule has 2 aliphatic rings. The van der Waals surface area contributed by atoms with Crippen LogP contribution in [0.1, 0.15) is 45.9 Å². The molecule has 0 unspecified atom stereocenters. The lowest BCUT2D eigenvalue weighted by Gasteiger charge is -2.38. The van der Waals surface area contributed by atoms with E-state index in [1.807, 2.05) is 41.4 Å². The van der Waals surface area contributed by atoms with Gasteiger partial charge in [0.15, 0.2) is 0 Å². The smallest absolute Gasteiger partial charge is 0.343 e. The highest BCUT2D eigenvalue weighted by Gasteiger charge is 2.41. The van der Waals surface area contributed by atoms with E-state index in [1.54, 1.807) is 42.7 Å². The number of carbonyl (C=O) groups is 1. The van der Waals surface area contributed by atoms with Gasteiger partial charge in [-0.3, -0.25) is 0 Å². The topological polar surface area (TPSA) is 64.3 Å². The number of fused-ring (bicyclic) bond motifs is 3. The molecule has 0 fully saturated rings. The third-order valence-electron chi connectivity index (χ3n) is 6.01. The van der Waals surface area contributed by atoms with E-state index in [1.165, 1.54) is 0 Å². The highest BCUT2D eigenvalue weighted by atomic mass is 79.9. The highest BCUT2D eigenvalue weighted by molar-refractivity contribution is 9.10. The average Bonchev–Trinajstić information content (AvgIpc) is 3.55. The van der Waals surface area contributed by atoms with E-state index < -0.39 is 12.2 Å². The summed E-state index contributed by atoms with van der Waals surface area (Å²) in [5, 5.41) is 6.86. The molecular formula is C27H18Br2N2O4. The molecule has 0 saturated heterocycles. The number of esters is 1. The van der Waals surface area contributed by atoms with Gasteiger partial charge < -0.3 is 13.9 Å². The molecule has 1 aromatic heterocycles. The molecule has 3 aromatic carbocycles. The zero-order valence-corrected chi connectivity index (χ0v) is 21.4. The second kappa shape index (κ2) is 9.02. The molecule has 0 aliphatic carbocycles. The fourth-order valence-electron chi connectivity index (χ4n) is 4.32. The predicted octanol–water partition coefficient (Wildman–Crippen LogP) is 7.27. The van der Waals surface area contributed by atoms with Crippen LogP contribution in [0.4, 0.5) is 0 Å². The monoisotopic (exact) mass is 592 g/mol.